The largest absolute Gasteiger partial charge is 0.324 e. The summed E-state index contributed by atoms with van der Waals surface area (Å²) in [5, 5.41) is 7.86. The van der Waals surface area contributed by atoms with Crippen molar-refractivity contribution in [3.8, 4) is 5.69 Å². The molecule has 2 aliphatic rings. The maximum Gasteiger partial charge on any atom is 0.245 e. The van der Waals surface area contributed by atoms with E-state index in [2.05, 4.69) is 10.4 Å². The Hall–Kier alpha value is -1.85. The van der Waals surface area contributed by atoms with Gasteiger partial charge in [0.1, 0.15) is 6.04 Å². The van der Waals surface area contributed by atoms with Crippen molar-refractivity contribution >= 4 is 23.2 Å². The summed E-state index contributed by atoms with van der Waals surface area (Å²) in [5.41, 5.74) is 9.11. The summed E-state index contributed by atoms with van der Waals surface area (Å²) in [4.78, 5) is 11.6. The molecule has 6 heteroatoms. The van der Waals surface area contributed by atoms with Gasteiger partial charge in [0, 0.05) is 23.4 Å². The SMILES string of the molecule is NC1C(=O)Nc2cc(-n3ccc(C4CC4)n3)c(Cl)cc21. The highest BCUT2D eigenvalue weighted by Crippen LogP contribution is 2.40. The monoisotopic (exact) mass is 288 g/mol. The van der Waals surface area contributed by atoms with Crippen LogP contribution in [0.4, 0.5) is 5.69 Å². The van der Waals surface area contributed by atoms with Crippen LogP contribution in [0.1, 0.15) is 36.1 Å². The highest BCUT2D eigenvalue weighted by molar-refractivity contribution is 6.32. The Bertz CT molecular complexity index is 720. The smallest absolute Gasteiger partial charge is 0.245 e. The Balaban J connectivity index is 1.78. The van der Waals surface area contributed by atoms with Crippen molar-refractivity contribution in [2.45, 2.75) is 24.8 Å². The number of hydrogen-bond acceptors (Lipinski definition) is 3. The minimum Gasteiger partial charge on any atom is -0.324 e. The summed E-state index contributed by atoms with van der Waals surface area (Å²) >= 11 is 6.30. The van der Waals surface area contributed by atoms with E-state index < -0.39 is 6.04 Å². The van der Waals surface area contributed by atoms with Crippen LogP contribution in [0.3, 0.4) is 0 Å². The van der Waals surface area contributed by atoms with Gasteiger partial charge in [-0.05, 0) is 31.0 Å². The van der Waals surface area contributed by atoms with Crippen molar-refractivity contribution < 1.29 is 4.79 Å². The molecule has 1 aliphatic heterocycles. The van der Waals surface area contributed by atoms with Crippen LogP contribution in [-0.4, -0.2) is 15.7 Å². The van der Waals surface area contributed by atoms with Gasteiger partial charge in [-0.2, -0.15) is 5.10 Å². The Kier molecular flexibility index (Phi) is 2.43. The molecule has 4 rings (SSSR count). The molecule has 2 heterocycles. The first-order valence-electron chi connectivity index (χ1n) is 6.59. The number of nitrogens with two attached hydrogens (primary N) is 1. The van der Waals surface area contributed by atoms with Gasteiger partial charge in [-0.15, -0.1) is 0 Å². The zero-order valence-electron chi connectivity index (χ0n) is 10.6. The van der Waals surface area contributed by atoms with Crippen LogP contribution in [0.15, 0.2) is 24.4 Å². The third kappa shape index (κ3) is 1.74. The third-order valence-corrected chi connectivity index (χ3v) is 4.15. The van der Waals surface area contributed by atoms with Crippen molar-refractivity contribution in [2.24, 2.45) is 5.73 Å². The molecule has 1 fully saturated rings. The molecule has 102 valence electrons. The molecule has 1 aromatic heterocycles. The Labute approximate surface area is 120 Å². The lowest BCUT2D eigenvalue weighted by Crippen LogP contribution is -2.19. The number of halogens is 1. The molecule has 1 unspecified atom stereocenters. The number of aromatic nitrogens is 2. The minimum atomic E-state index is -0.642. The van der Waals surface area contributed by atoms with Crippen molar-refractivity contribution in [3.63, 3.8) is 0 Å². The lowest BCUT2D eigenvalue weighted by molar-refractivity contribution is -0.116. The molecule has 0 spiro atoms. The molecule has 1 aromatic carbocycles. The second-order valence-electron chi connectivity index (χ2n) is 5.32. The molecule has 20 heavy (non-hydrogen) atoms. The molecular weight excluding hydrogens is 276 g/mol. The molecule has 0 radical (unpaired) electrons. The summed E-state index contributed by atoms with van der Waals surface area (Å²) in [5.74, 6) is 0.393. The molecule has 1 amide bonds. The van der Waals surface area contributed by atoms with E-state index >= 15 is 0 Å². The number of rotatable bonds is 2. The number of nitrogens with one attached hydrogen (secondary N) is 1. The highest BCUT2D eigenvalue weighted by Gasteiger charge is 2.29. The van der Waals surface area contributed by atoms with E-state index in [0.29, 0.717) is 16.6 Å². The van der Waals surface area contributed by atoms with Gasteiger partial charge in [-0.1, -0.05) is 11.6 Å². The van der Waals surface area contributed by atoms with Crippen LogP contribution >= 0.6 is 11.6 Å². The molecule has 1 atom stereocenters. The Morgan fingerprint density at radius 2 is 2.20 bits per heavy atom. The maximum absolute atomic E-state index is 11.6. The number of carbonyl (C=O) groups excluding carboxylic acids is 1. The van der Waals surface area contributed by atoms with Crippen LogP contribution < -0.4 is 11.1 Å². The zero-order chi connectivity index (χ0) is 13.9. The molecule has 0 saturated heterocycles. The topological polar surface area (TPSA) is 72.9 Å². The van der Waals surface area contributed by atoms with Crippen molar-refractivity contribution in [2.75, 3.05) is 5.32 Å². The van der Waals surface area contributed by atoms with E-state index in [1.54, 1.807) is 10.7 Å². The molecular formula is C14H13ClN4O. The number of hydrogen-bond donors (Lipinski definition) is 2. The normalized spacial score (nSPS) is 20.9. The van der Waals surface area contributed by atoms with Crippen molar-refractivity contribution in [3.05, 3.63) is 40.7 Å². The zero-order valence-corrected chi connectivity index (χ0v) is 11.4. The first kappa shape index (κ1) is 11.9. The second kappa shape index (κ2) is 4.07. The van der Waals surface area contributed by atoms with E-state index in [1.807, 2.05) is 18.3 Å². The summed E-state index contributed by atoms with van der Waals surface area (Å²) in [6.45, 7) is 0. The predicted molar refractivity (Wildman–Crippen MR) is 76.1 cm³/mol. The number of anilines is 1. The van der Waals surface area contributed by atoms with Gasteiger partial charge in [0.2, 0.25) is 5.91 Å². The number of nitrogens with zero attached hydrogens (tertiary/aromatic N) is 2. The number of amides is 1. The summed E-state index contributed by atoms with van der Waals surface area (Å²) in [7, 11) is 0. The Morgan fingerprint density at radius 1 is 1.40 bits per heavy atom. The van der Waals surface area contributed by atoms with Gasteiger partial charge in [-0.3, -0.25) is 4.79 Å². The molecule has 2 aromatic rings. The fourth-order valence-electron chi connectivity index (χ4n) is 2.54. The van der Waals surface area contributed by atoms with E-state index in [9.17, 15) is 4.79 Å². The molecule has 1 saturated carbocycles. The molecule has 0 bridgehead atoms. The van der Waals surface area contributed by atoms with E-state index in [1.165, 1.54) is 12.8 Å². The predicted octanol–water partition coefficient (Wildman–Crippen LogP) is 2.35. The lowest BCUT2D eigenvalue weighted by atomic mass is 10.1. The van der Waals surface area contributed by atoms with Gasteiger partial charge in [0.25, 0.3) is 0 Å². The number of carbonyl (C=O) groups is 1. The fraction of sp³-hybridized carbons (Fsp3) is 0.286. The average molecular weight is 289 g/mol. The fourth-order valence-corrected chi connectivity index (χ4v) is 2.80. The average Bonchev–Trinajstić information content (AvgIpc) is 3.10. The van der Waals surface area contributed by atoms with Crippen molar-refractivity contribution in [1.29, 1.82) is 0 Å². The number of benzene rings is 1. The summed E-state index contributed by atoms with van der Waals surface area (Å²) in [6, 6.07) is 4.95. The van der Waals surface area contributed by atoms with Crippen molar-refractivity contribution in [1.82, 2.24) is 9.78 Å². The summed E-state index contributed by atoms with van der Waals surface area (Å²) < 4.78 is 1.76. The van der Waals surface area contributed by atoms with Gasteiger partial charge in [0.05, 0.1) is 16.4 Å². The second-order valence-corrected chi connectivity index (χ2v) is 5.72. The van der Waals surface area contributed by atoms with Crippen LogP contribution in [-0.2, 0) is 4.79 Å². The van der Waals surface area contributed by atoms with Gasteiger partial charge in [-0.25, -0.2) is 4.68 Å². The van der Waals surface area contributed by atoms with Gasteiger partial charge < -0.3 is 11.1 Å². The maximum atomic E-state index is 11.6. The number of fused-ring (bicyclic) bond motifs is 1. The van der Waals surface area contributed by atoms with Gasteiger partial charge >= 0.3 is 0 Å². The van der Waals surface area contributed by atoms with Crippen LogP contribution in [0, 0.1) is 0 Å². The van der Waals surface area contributed by atoms with E-state index in [-0.39, 0.29) is 5.91 Å². The minimum absolute atomic E-state index is 0.202. The van der Waals surface area contributed by atoms with Crippen LogP contribution in [0.5, 0.6) is 0 Å². The molecule has 3 N–H and O–H groups in total. The van der Waals surface area contributed by atoms with Crippen LogP contribution in [0.2, 0.25) is 5.02 Å². The highest BCUT2D eigenvalue weighted by atomic mass is 35.5. The lowest BCUT2D eigenvalue weighted by Gasteiger charge is -2.08. The Morgan fingerprint density at radius 3 is 2.95 bits per heavy atom. The first-order valence-corrected chi connectivity index (χ1v) is 6.97. The standard InChI is InChI=1S/C14H13ClN4O/c15-9-5-8-11(17-14(20)13(8)16)6-12(9)19-4-3-10(18-19)7-1-2-7/h3-7,13H,1-2,16H2,(H,17,20). The molecule has 1 aliphatic carbocycles. The van der Waals surface area contributed by atoms with Crippen LogP contribution in [0.25, 0.3) is 5.69 Å². The quantitative estimate of drug-likeness (QED) is 0.891. The third-order valence-electron chi connectivity index (χ3n) is 3.85. The summed E-state index contributed by atoms with van der Waals surface area (Å²) in [6.07, 6.45) is 4.32. The molecule has 5 nitrogen and oxygen atoms in total. The van der Waals surface area contributed by atoms with E-state index in [4.69, 9.17) is 17.3 Å². The van der Waals surface area contributed by atoms with E-state index in [0.717, 1.165) is 16.9 Å². The first-order chi connectivity index (χ1) is 9.63. The van der Waals surface area contributed by atoms with Gasteiger partial charge in [0.15, 0.2) is 0 Å².